The van der Waals surface area contributed by atoms with Gasteiger partial charge in [-0.05, 0) is 61.1 Å². The Hall–Kier alpha value is -1.64. The zero-order valence-electron chi connectivity index (χ0n) is 27.1. The molecule has 0 aromatic heterocycles. The first kappa shape index (κ1) is 34.6. The van der Waals surface area contributed by atoms with Crippen molar-refractivity contribution in [3.05, 3.63) is 70.8 Å². The molecule has 2 heteroatoms. The van der Waals surface area contributed by atoms with Crippen LogP contribution in [0.3, 0.4) is 0 Å². The summed E-state index contributed by atoms with van der Waals surface area (Å²) in [7, 11) is 0. The number of hydrogen-bond donors (Lipinski definition) is 2. The first-order chi connectivity index (χ1) is 19.0. The number of unbranched alkanes of at least 4 members (excludes halogenated alkanes) is 5. The molecule has 0 radical (unpaired) electrons. The lowest BCUT2D eigenvalue weighted by Gasteiger charge is -2.41. The van der Waals surface area contributed by atoms with Crippen LogP contribution in [0.4, 0.5) is 0 Å². The number of aliphatic hydroxyl groups is 2. The molecule has 0 aliphatic heterocycles. The van der Waals surface area contributed by atoms with E-state index in [-0.39, 0.29) is 17.9 Å². The van der Waals surface area contributed by atoms with Gasteiger partial charge in [0.2, 0.25) is 0 Å². The van der Waals surface area contributed by atoms with Crippen LogP contribution in [0.2, 0.25) is 0 Å². The van der Waals surface area contributed by atoms with Gasteiger partial charge in [-0.3, -0.25) is 0 Å². The maximum absolute atomic E-state index is 12.7. The lowest BCUT2D eigenvalue weighted by atomic mass is 9.67. The van der Waals surface area contributed by atoms with E-state index in [1.807, 2.05) is 0 Å². The van der Waals surface area contributed by atoms with Gasteiger partial charge in [-0.25, -0.2) is 0 Å². The van der Waals surface area contributed by atoms with E-state index in [4.69, 9.17) is 0 Å². The predicted octanol–water partition coefficient (Wildman–Crippen LogP) is 10.5. The third-order valence-electron chi connectivity index (χ3n) is 9.08. The van der Waals surface area contributed by atoms with Gasteiger partial charge in [0.25, 0.3) is 0 Å². The Bertz CT molecular complexity index is 925. The summed E-state index contributed by atoms with van der Waals surface area (Å²) in [6, 6.07) is 17.8. The van der Waals surface area contributed by atoms with Crippen LogP contribution in [0.15, 0.2) is 48.5 Å². The number of aliphatic hydroxyl groups excluding tert-OH is 1. The van der Waals surface area contributed by atoms with Gasteiger partial charge < -0.3 is 10.2 Å². The average Bonchev–Trinajstić information content (AvgIpc) is 2.91. The summed E-state index contributed by atoms with van der Waals surface area (Å²) < 4.78 is 0. The molecule has 0 heterocycles. The Kier molecular flexibility index (Phi) is 15.0. The number of rotatable bonds is 20. The molecular formula is C38H62O2. The second-order valence-electron chi connectivity index (χ2n) is 13.9. The van der Waals surface area contributed by atoms with Crippen LogP contribution in [-0.4, -0.2) is 22.4 Å². The van der Waals surface area contributed by atoms with E-state index in [1.165, 1.54) is 60.8 Å². The van der Waals surface area contributed by atoms with Crippen molar-refractivity contribution in [2.75, 3.05) is 6.61 Å². The molecule has 1 unspecified atom stereocenters. The van der Waals surface area contributed by atoms with Gasteiger partial charge in [-0.1, -0.05) is 153 Å². The fourth-order valence-corrected chi connectivity index (χ4v) is 6.49. The van der Waals surface area contributed by atoms with E-state index in [0.29, 0.717) is 0 Å². The van der Waals surface area contributed by atoms with Crippen molar-refractivity contribution in [3.8, 4) is 0 Å². The smallest absolute Gasteiger partial charge is 0.0716 e. The second kappa shape index (κ2) is 17.3. The van der Waals surface area contributed by atoms with Crippen molar-refractivity contribution in [3.63, 3.8) is 0 Å². The average molecular weight is 551 g/mol. The third-order valence-corrected chi connectivity index (χ3v) is 9.08. The minimum Gasteiger partial charge on any atom is -0.396 e. The fraction of sp³-hybridized carbons (Fsp3) is 0.684. The molecule has 0 aliphatic rings. The lowest BCUT2D eigenvalue weighted by molar-refractivity contribution is -0.0133. The van der Waals surface area contributed by atoms with Crippen LogP contribution in [0.5, 0.6) is 0 Å². The predicted molar refractivity (Wildman–Crippen MR) is 174 cm³/mol. The molecule has 0 spiro atoms. The summed E-state index contributed by atoms with van der Waals surface area (Å²) in [6.07, 6.45) is 13.9. The Balaban J connectivity index is 2.48. The number of benzene rings is 2. The van der Waals surface area contributed by atoms with Gasteiger partial charge in [-0.2, -0.15) is 0 Å². The fourth-order valence-electron chi connectivity index (χ4n) is 6.49. The molecular weight excluding hydrogens is 488 g/mol. The summed E-state index contributed by atoms with van der Waals surface area (Å²) in [5, 5.41) is 22.4. The van der Waals surface area contributed by atoms with Gasteiger partial charge >= 0.3 is 0 Å². The molecule has 0 fully saturated rings. The van der Waals surface area contributed by atoms with Gasteiger partial charge in [0.05, 0.1) is 5.60 Å². The van der Waals surface area contributed by atoms with Gasteiger partial charge in [0, 0.05) is 17.9 Å². The van der Waals surface area contributed by atoms with Crippen LogP contribution in [0.25, 0.3) is 0 Å². The standard InChI is InChI=1S/C38H62O2/c1-30(2)19-11-9-16-26-38(40,27-17-10-12-20-31(3)4)35(23-15-18-28-39)34-25-24-32(5)29-36(34)37(6,7)33-21-13-8-14-22-33/h8,13-14,21-22,24-25,29-31,35,39-40H,9-12,15-20,23,26-28H2,1-7H3. The monoisotopic (exact) mass is 550 g/mol. The molecule has 2 aromatic carbocycles. The van der Waals surface area contributed by atoms with E-state index < -0.39 is 5.60 Å². The normalized spacial score (nSPS) is 13.4. The number of hydrogen-bond acceptors (Lipinski definition) is 2. The zero-order valence-corrected chi connectivity index (χ0v) is 27.1. The largest absolute Gasteiger partial charge is 0.396 e. The van der Waals surface area contributed by atoms with Crippen LogP contribution in [0.1, 0.15) is 153 Å². The highest BCUT2D eigenvalue weighted by molar-refractivity contribution is 5.46. The maximum Gasteiger partial charge on any atom is 0.0716 e. The van der Waals surface area contributed by atoms with Crippen molar-refractivity contribution in [1.82, 2.24) is 0 Å². The molecule has 2 rings (SSSR count). The molecule has 226 valence electrons. The van der Waals surface area contributed by atoms with Gasteiger partial charge in [0.15, 0.2) is 0 Å². The highest BCUT2D eigenvalue weighted by Gasteiger charge is 2.39. The molecule has 2 nitrogen and oxygen atoms in total. The molecule has 0 bridgehead atoms. The minimum atomic E-state index is -0.734. The summed E-state index contributed by atoms with van der Waals surface area (Å²) in [6.45, 7) is 16.3. The second-order valence-corrected chi connectivity index (χ2v) is 13.9. The van der Waals surface area contributed by atoms with Crippen molar-refractivity contribution < 1.29 is 10.2 Å². The molecule has 2 N–H and O–H groups in total. The van der Waals surface area contributed by atoms with E-state index in [2.05, 4.69) is 97.0 Å². The first-order valence-corrected chi connectivity index (χ1v) is 16.5. The van der Waals surface area contributed by atoms with Crippen molar-refractivity contribution in [1.29, 1.82) is 0 Å². The van der Waals surface area contributed by atoms with E-state index in [1.54, 1.807) is 0 Å². The number of aryl methyl sites for hydroxylation is 1. The van der Waals surface area contributed by atoms with E-state index in [9.17, 15) is 10.2 Å². The molecule has 0 amide bonds. The molecule has 0 aliphatic carbocycles. The molecule has 1 atom stereocenters. The highest BCUT2D eigenvalue weighted by Crippen LogP contribution is 2.45. The summed E-state index contributed by atoms with van der Waals surface area (Å²) >= 11 is 0. The zero-order chi connectivity index (χ0) is 29.6. The van der Waals surface area contributed by atoms with Gasteiger partial charge in [0.1, 0.15) is 0 Å². The quantitative estimate of drug-likeness (QED) is 0.161. The van der Waals surface area contributed by atoms with Crippen LogP contribution in [-0.2, 0) is 5.41 Å². The van der Waals surface area contributed by atoms with Gasteiger partial charge in [-0.15, -0.1) is 0 Å². The summed E-state index contributed by atoms with van der Waals surface area (Å²) in [5.41, 5.74) is 4.31. The van der Waals surface area contributed by atoms with Crippen LogP contribution >= 0.6 is 0 Å². The summed E-state index contributed by atoms with van der Waals surface area (Å²) in [5.74, 6) is 1.54. The molecule has 2 aromatic rings. The lowest BCUT2D eigenvalue weighted by Crippen LogP contribution is -2.38. The highest BCUT2D eigenvalue weighted by atomic mass is 16.3. The molecule has 40 heavy (non-hydrogen) atoms. The van der Waals surface area contributed by atoms with E-state index >= 15 is 0 Å². The van der Waals surface area contributed by atoms with Crippen molar-refractivity contribution in [2.24, 2.45) is 11.8 Å². The molecule has 0 saturated carbocycles. The van der Waals surface area contributed by atoms with Crippen LogP contribution in [0, 0.1) is 18.8 Å². The van der Waals surface area contributed by atoms with Crippen molar-refractivity contribution in [2.45, 2.75) is 149 Å². The topological polar surface area (TPSA) is 40.5 Å². The Morgan fingerprint density at radius 2 is 1.23 bits per heavy atom. The Labute approximate surface area is 248 Å². The first-order valence-electron chi connectivity index (χ1n) is 16.5. The van der Waals surface area contributed by atoms with Crippen molar-refractivity contribution >= 4 is 0 Å². The Morgan fingerprint density at radius 1 is 0.675 bits per heavy atom. The minimum absolute atomic E-state index is 0.0628. The SMILES string of the molecule is Cc1ccc(C(CCCCO)C(O)(CCCCCC(C)C)CCCCCC(C)C)c(C(C)(C)c2ccccc2)c1. The Morgan fingerprint density at radius 3 is 1.75 bits per heavy atom. The third kappa shape index (κ3) is 11.0. The van der Waals surface area contributed by atoms with Crippen LogP contribution < -0.4 is 0 Å². The maximum atomic E-state index is 12.7. The summed E-state index contributed by atoms with van der Waals surface area (Å²) in [4.78, 5) is 0. The van der Waals surface area contributed by atoms with E-state index in [0.717, 1.165) is 56.8 Å². The molecule has 0 saturated heterocycles.